The van der Waals surface area contributed by atoms with Crippen molar-refractivity contribution in [3.63, 3.8) is 0 Å². The van der Waals surface area contributed by atoms with E-state index in [1.54, 1.807) is 13.3 Å². The number of hydrogen-bond acceptors (Lipinski definition) is 8. The van der Waals surface area contributed by atoms with Crippen molar-refractivity contribution >= 4 is 11.6 Å². The van der Waals surface area contributed by atoms with Crippen LogP contribution in [0.3, 0.4) is 0 Å². The first-order chi connectivity index (χ1) is 18.2. The lowest BCUT2D eigenvalue weighted by atomic mass is 10.1. The van der Waals surface area contributed by atoms with Crippen LogP contribution in [0.25, 0.3) is 11.3 Å². The summed E-state index contributed by atoms with van der Waals surface area (Å²) in [5.74, 6) is 2.11. The molecule has 196 valence electrons. The normalized spacial score (nSPS) is 14.8. The van der Waals surface area contributed by atoms with E-state index in [4.69, 9.17) is 23.9 Å². The second kappa shape index (κ2) is 13.7. The molecule has 1 aliphatic heterocycles. The molecule has 0 unspecified atom stereocenters. The summed E-state index contributed by atoms with van der Waals surface area (Å²) >= 11 is 0. The van der Waals surface area contributed by atoms with Crippen LogP contribution in [-0.2, 0) is 22.7 Å². The van der Waals surface area contributed by atoms with Gasteiger partial charge in [0.05, 0.1) is 39.2 Å². The molecular formula is C29H36N4O4. The Labute approximate surface area is 219 Å². The van der Waals surface area contributed by atoms with Crippen LogP contribution in [0.4, 0.5) is 11.6 Å². The highest BCUT2D eigenvalue weighted by atomic mass is 16.5. The van der Waals surface area contributed by atoms with Crippen LogP contribution < -0.4 is 14.8 Å². The van der Waals surface area contributed by atoms with E-state index >= 15 is 0 Å². The maximum absolute atomic E-state index is 6.15. The third-order valence-corrected chi connectivity index (χ3v) is 6.22. The quantitative estimate of drug-likeness (QED) is 0.439. The summed E-state index contributed by atoms with van der Waals surface area (Å²) in [6, 6.07) is 13.9. The van der Waals surface area contributed by atoms with Crippen LogP contribution in [0, 0.1) is 0 Å². The number of fused-ring (bicyclic) bond motifs is 7. The lowest BCUT2D eigenvalue weighted by Crippen LogP contribution is -2.28. The molecule has 0 atom stereocenters. The highest BCUT2D eigenvalue weighted by Gasteiger charge is 2.11. The minimum atomic E-state index is 0.421. The smallest absolute Gasteiger partial charge is 0.227 e. The molecule has 2 heterocycles. The fraction of sp³-hybridized carbons (Fsp3) is 0.379. The molecule has 0 spiro atoms. The van der Waals surface area contributed by atoms with Crippen LogP contribution in [-0.4, -0.2) is 61.4 Å². The average molecular weight is 505 g/mol. The molecule has 8 heteroatoms. The zero-order valence-corrected chi connectivity index (χ0v) is 21.9. The van der Waals surface area contributed by atoms with E-state index in [1.807, 2.05) is 54.6 Å². The molecule has 0 amide bonds. The summed E-state index contributed by atoms with van der Waals surface area (Å²) in [5.41, 5.74) is 4.56. The summed E-state index contributed by atoms with van der Waals surface area (Å²) in [6.45, 7) is 9.64. The van der Waals surface area contributed by atoms with Gasteiger partial charge in [-0.05, 0) is 55.6 Å². The molecular weight excluding hydrogens is 468 g/mol. The van der Waals surface area contributed by atoms with Crippen molar-refractivity contribution in [3.05, 3.63) is 71.9 Å². The standard InChI is InChI=1S/C29H36N4O4/c1-4-33(5-2)14-17-37-28-11-9-25-19-24(28)21-36-16-7-6-15-35-20-23-18-22(8-10-27(23)34-3)26-12-13-30-29(31-25)32-26/h6-13,18-19H,4-5,14-17,20-21H2,1-3H3,(H,30,31,32)/b7-6+. The molecule has 1 aliphatic rings. The Kier molecular flexibility index (Phi) is 9.88. The van der Waals surface area contributed by atoms with Crippen LogP contribution >= 0.6 is 0 Å². The summed E-state index contributed by atoms with van der Waals surface area (Å²) in [5, 5.41) is 3.33. The maximum atomic E-state index is 6.15. The Bertz CT molecular complexity index is 1180. The fourth-order valence-corrected chi connectivity index (χ4v) is 4.10. The first kappa shape index (κ1) is 26.6. The Morgan fingerprint density at radius 1 is 0.919 bits per heavy atom. The third kappa shape index (κ3) is 7.52. The van der Waals surface area contributed by atoms with Crippen LogP contribution in [0.2, 0.25) is 0 Å². The molecule has 1 aromatic heterocycles. The van der Waals surface area contributed by atoms with Crippen molar-refractivity contribution in [1.82, 2.24) is 14.9 Å². The minimum Gasteiger partial charge on any atom is -0.496 e. The predicted octanol–water partition coefficient (Wildman–Crippen LogP) is 5.22. The Morgan fingerprint density at radius 3 is 2.38 bits per heavy atom. The van der Waals surface area contributed by atoms with Crippen molar-refractivity contribution in [2.24, 2.45) is 0 Å². The van der Waals surface area contributed by atoms with E-state index in [9.17, 15) is 0 Å². The first-order valence-corrected chi connectivity index (χ1v) is 12.8. The Morgan fingerprint density at radius 2 is 1.65 bits per heavy atom. The molecule has 0 fully saturated rings. The molecule has 6 bridgehead atoms. The van der Waals surface area contributed by atoms with Crippen LogP contribution in [0.1, 0.15) is 25.0 Å². The van der Waals surface area contributed by atoms with Crippen LogP contribution in [0.15, 0.2) is 60.8 Å². The number of aromatic nitrogens is 2. The van der Waals surface area contributed by atoms with E-state index in [2.05, 4.69) is 29.0 Å². The number of nitrogens with one attached hydrogen (secondary N) is 1. The molecule has 0 saturated carbocycles. The van der Waals surface area contributed by atoms with Crippen LogP contribution in [0.5, 0.6) is 11.5 Å². The highest BCUT2D eigenvalue weighted by molar-refractivity contribution is 5.64. The van der Waals surface area contributed by atoms with Crippen molar-refractivity contribution < 1.29 is 18.9 Å². The summed E-state index contributed by atoms with van der Waals surface area (Å²) in [6.07, 6.45) is 5.69. The Hall–Kier alpha value is -3.46. The molecule has 0 aliphatic carbocycles. The second-order valence-corrected chi connectivity index (χ2v) is 8.62. The largest absolute Gasteiger partial charge is 0.496 e. The number of hydrogen-bond donors (Lipinski definition) is 1. The van der Waals surface area contributed by atoms with Crippen molar-refractivity contribution in [2.45, 2.75) is 27.1 Å². The van der Waals surface area contributed by atoms with Gasteiger partial charge in [-0.1, -0.05) is 26.0 Å². The summed E-state index contributed by atoms with van der Waals surface area (Å²) in [4.78, 5) is 11.5. The fourth-order valence-electron chi connectivity index (χ4n) is 4.10. The predicted molar refractivity (Wildman–Crippen MR) is 145 cm³/mol. The van der Waals surface area contributed by atoms with Gasteiger partial charge < -0.3 is 29.2 Å². The zero-order chi connectivity index (χ0) is 25.9. The van der Waals surface area contributed by atoms with Crippen molar-refractivity contribution in [3.8, 4) is 22.8 Å². The molecule has 0 saturated heterocycles. The molecule has 37 heavy (non-hydrogen) atoms. The highest BCUT2D eigenvalue weighted by Crippen LogP contribution is 2.28. The van der Waals surface area contributed by atoms with Gasteiger partial charge >= 0.3 is 0 Å². The topological polar surface area (TPSA) is 78.0 Å². The van der Waals surface area contributed by atoms with E-state index < -0.39 is 0 Å². The molecule has 0 radical (unpaired) electrons. The number of likely N-dealkylation sites (N-methyl/N-ethyl adjacent to an activating group) is 1. The molecule has 8 nitrogen and oxygen atoms in total. The number of methoxy groups -OCH3 is 1. The SMILES string of the molecule is CCN(CC)CCOc1ccc2cc1COC/C=C/COCc1cc(ccc1OC)-c1ccnc(n1)N2. The molecule has 4 rings (SSSR count). The van der Waals surface area contributed by atoms with Gasteiger partial charge in [0, 0.05) is 35.1 Å². The van der Waals surface area contributed by atoms with Gasteiger partial charge in [-0.3, -0.25) is 0 Å². The number of ether oxygens (including phenoxy) is 4. The van der Waals surface area contributed by atoms with E-state index in [0.29, 0.717) is 39.0 Å². The van der Waals surface area contributed by atoms with Crippen molar-refractivity contribution in [1.29, 1.82) is 0 Å². The van der Waals surface area contributed by atoms with Gasteiger partial charge in [0.25, 0.3) is 0 Å². The van der Waals surface area contributed by atoms with Crippen molar-refractivity contribution in [2.75, 3.05) is 51.9 Å². The maximum Gasteiger partial charge on any atom is 0.227 e. The average Bonchev–Trinajstić information content (AvgIpc) is 2.93. The number of rotatable bonds is 7. The van der Waals surface area contributed by atoms with E-state index in [1.165, 1.54) is 0 Å². The van der Waals surface area contributed by atoms with Gasteiger partial charge in [-0.25, -0.2) is 9.97 Å². The Balaban J connectivity index is 1.60. The van der Waals surface area contributed by atoms with E-state index in [-0.39, 0.29) is 0 Å². The number of nitrogens with zero attached hydrogens (tertiary/aromatic N) is 3. The minimum absolute atomic E-state index is 0.421. The number of benzene rings is 2. The summed E-state index contributed by atoms with van der Waals surface area (Å²) in [7, 11) is 1.66. The lowest BCUT2D eigenvalue weighted by molar-refractivity contribution is 0.137. The van der Waals surface area contributed by atoms with Gasteiger partial charge in [-0.15, -0.1) is 0 Å². The first-order valence-electron chi connectivity index (χ1n) is 12.8. The van der Waals surface area contributed by atoms with Gasteiger partial charge in [0.2, 0.25) is 5.95 Å². The van der Waals surface area contributed by atoms with Gasteiger partial charge in [0.1, 0.15) is 18.1 Å². The molecule has 1 N–H and O–H groups in total. The number of anilines is 2. The second-order valence-electron chi connectivity index (χ2n) is 8.62. The van der Waals surface area contributed by atoms with E-state index in [0.717, 1.165) is 59.2 Å². The monoisotopic (exact) mass is 504 g/mol. The third-order valence-electron chi connectivity index (χ3n) is 6.22. The van der Waals surface area contributed by atoms with Gasteiger partial charge in [-0.2, -0.15) is 0 Å². The molecule has 3 aromatic rings. The molecule has 2 aromatic carbocycles. The zero-order valence-electron chi connectivity index (χ0n) is 21.9. The van der Waals surface area contributed by atoms with Gasteiger partial charge in [0.15, 0.2) is 0 Å². The summed E-state index contributed by atoms with van der Waals surface area (Å²) < 4.78 is 23.5. The lowest BCUT2D eigenvalue weighted by Gasteiger charge is -2.19.